The van der Waals surface area contributed by atoms with Gasteiger partial charge in [-0.3, -0.25) is 0 Å². The molecule has 0 bridgehead atoms. The van der Waals surface area contributed by atoms with Crippen LogP contribution in [0.1, 0.15) is 11.1 Å². The molecule has 0 aliphatic carbocycles. The van der Waals surface area contributed by atoms with Crippen molar-refractivity contribution in [3.8, 4) is 11.5 Å². The van der Waals surface area contributed by atoms with Gasteiger partial charge in [0.15, 0.2) is 0 Å². The molecule has 0 aromatic heterocycles. The fourth-order valence-corrected chi connectivity index (χ4v) is 2.83. The first kappa shape index (κ1) is 16.3. The number of nitrogens with two attached hydrogens (primary N) is 1. The fourth-order valence-electron chi connectivity index (χ4n) is 1.91. The third-order valence-corrected chi connectivity index (χ3v) is 4.30. The molecule has 2 N–H and O–H groups in total. The molecule has 2 aromatic rings. The lowest BCUT2D eigenvalue weighted by Gasteiger charge is -2.11. The van der Waals surface area contributed by atoms with Crippen molar-refractivity contribution in [3.05, 3.63) is 56.5 Å². The molecule has 0 spiro atoms. The Balaban J connectivity index is 2.04. The van der Waals surface area contributed by atoms with Gasteiger partial charge in [-0.2, -0.15) is 0 Å². The summed E-state index contributed by atoms with van der Waals surface area (Å²) < 4.78 is 12.8. The zero-order valence-electron chi connectivity index (χ0n) is 11.7. The lowest BCUT2D eigenvalue weighted by Crippen LogP contribution is -2.03. The molecule has 0 unspecified atom stereocenters. The average Bonchev–Trinajstić information content (AvgIpc) is 2.49. The van der Waals surface area contributed by atoms with Crippen LogP contribution in [0.5, 0.6) is 11.5 Å². The van der Waals surface area contributed by atoms with Crippen LogP contribution in [0.4, 0.5) is 0 Å². The Kier molecular flexibility index (Phi) is 6.08. The zero-order valence-corrected chi connectivity index (χ0v) is 14.9. The Morgan fingerprint density at radius 2 is 1.52 bits per heavy atom. The van der Waals surface area contributed by atoms with Crippen LogP contribution in [-0.2, 0) is 13.0 Å². The van der Waals surface area contributed by atoms with Gasteiger partial charge in [-0.15, -0.1) is 0 Å². The number of hydrogen-bond acceptors (Lipinski definition) is 3. The van der Waals surface area contributed by atoms with Crippen LogP contribution >= 0.6 is 31.9 Å². The molecule has 0 aliphatic rings. The highest BCUT2D eigenvalue weighted by Crippen LogP contribution is 2.36. The zero-order chi connectivity index (χ0) is 15.2. The Hall–Kier alpha value is -1.04. The third-order valence-electron chi connectivity index (χ3n) is 3.06. The van der Waals surface area contributed by atoms with Gasteiger partial charge in [-0.1, -0.05) is 24.3 Å². The van der Waals surface area contributed by atoms with E-state index in [4.69, 9.17) is 15.2 Å². The average molecular weight is 415 g/mol. The highest BCUT2D eigenvalue weighted by atomic mass is 79.9. The van der Waals surface area contributed by atoms with E-state index in [0.29, 0.717) is 13.2 Å². The van der Waals surface area contributed by atoms with Gasteiger partial charge in [0.05, 0.1) is 16.1 Å². The van der Waals surface area contributed by atoms with Crippen LogP contribution in [0, 0.1) is 0 Å². The Labute approximate surface area is 141 Å². The molecule has 2 aromatic carbocycles. The molecular formula is C16H17Br2NO2. The van der Waals surface area contributed by atoms with E-state index >= 15 is 0 Å². The molecule has 0 heterocycles. The van der Waals surface area contributed by atoms with Crippen LogP contribution < -0.4 is 15.2 Å². The van der Waals surface area contributed by atoms with Gasteiger partial charge < -0.3 is 15.2 Å². The molecule has 0 atom stereocenters. The van der Waals surface area contributed by atoms with E-state index in [1.807, 2.05) is 12.1 Å². The second-order valence-electron chi connectivity index (χ2n) is 4.56. The van der Waals surface area contributed by atoms with Crippen LogP contribution in [0.25, 0.3) is 0 Å². The molecule has 21 heavy (non-hydrogen) atoms. The molecule has 2 rings (SSSR count). The van der Waals surface area contributed by atoms with Crippen molar-refractivity contribution < 1.29 is 9.47 Å². The second-order valence-corrected chi connectivity index (χ2v) is 6.27. The molecule has 0 radical (unpaired) electrons. The minimum Gasteiger partial charge on any atom is -0.496 e. The van der Waals surface area contributed by atoms with E-state index in [-0.39, 0.29) is 0 Å². The summed E-state index contributed by atoms with van der Waals surface area (Å²) in [6.07, 6.45) is 0.901. The first-order chi connectivity index (χ1) is 10.1. The summed E-state index contributed by atoms with van der Waals surface area (Å²) in [5.74, 6) is 1.54. The SMILES string of the molecule is COc1cc(Br)c(OCc2ccc(CCN)cc2)cc1Br. The van der Waals surface area contributed by atoms with Crippen molar-refractivity contribution in [2.45, 2.75) is 13.0 Å². The van der Waals surface area contributed by atoms with Crippen molar-refractivity contribution in [2.24, 2.45) is 5.73 Å². The molecule has 0 fully saturated rings. The second kappa shape index (κ2) is 7.82. The quantitative estimate of drug-likeness (QED) is 0.766. The number of halogens is 2. The van der Waals surface area contributed by atoms with Crippen molar-refractivity contribution in [1.29, 1.82) is 0 Å². The number of methoxy groups -OCH3 is 1. The minimum atomic E-state index is 0.514. The lowest BCUT2D eigenvalue weighted by molar-refractivity contribution is 0.303. The first-order valence-electron chi connectivity index (χ1n) is 6.57. The van der Waals surface area contributed by atoms with Gasteiger partial charge in [0.1, 0.15) is 18.1 Å². The predicted molar refractivity (Wildman–Crippen MR) is 91.9 cm³/mol. The largest absolute Gasteiger partial charge is 0.496 e. The predicted octanol–water partition coefficient (Wildman–Crippen LogP) is 4.30. The van der Waals surface area contributed by atoms with E-state index in [2.05, 4.69) is 56.1 Å². The number of benzene rings is 2. The van der Waals surface area contributed by atoms with Crippen LogP contribution in [0.15, 0.2) is 45.3 Å². The molecule has 5 heteroatoms. The van der Waals surface area contributed by atoms with Crippen molar-refractivity contribution in [3.63, 3.8) is 0 Å². The van der Waals surface area contributed by atoms with E-state index in [1.54, 1.807) is 7.11 Å². The van der Waals surface area contributed by atoms with E-state index < -0.39 is 0 Å². The van der Waals surface area contributed by atoms with Gasteiger partial charge in [-0.05, 0) is 68.1 Å². The molecule has 0 aliphatic heterocycles. The van der Waals surface area contributed by atoms with Crippen LogP contribution in [-0.4, -0.2) is 13.7 Å². The summed E-state index contributed by atoms with van der Waals surface area (Å²) >= 11 is 6.94. The molecule has 3 nitrogen and oxygen atoms in total. The van der Waals surface area contributed by atoms with Gasteiger partial charge in [-0.25, -0.2) is 0 Å². The molecule has 112 valence electrons. The topological polar surface area (TPSA) is 44.5 Å². The van der Waals surface area contributed by atoms with Crippen molar-refractivity contribution in [1.82, 2.24) is 0 Å². The number of rotatable bonds is 6. The van der Waals surface area contributed by atoms with E-state index in [1.165, 1.54) is 5.56 Å². The monoisotopic (exact) mass is 413 g/mol. The highest BCUT2D eigenvalue weighted by Gasteiger charge is 2.08. The standard InChI is InChI=1S/C16H17Br2NO2/c1-20-15-8-14(18)16(9-13(15)17)21-10-12-4-2-11(3-5-12)6-7-19/h2-5,8-9H,6-7,10,19H2,1H3. The summed E-state index contributed by atoms with van der Waals surface area (Å²) in [5, 5.41) is 0. The van der Waals surface area contributed by atoms with Gasteiger partial charge in [0.25, 0.3) is 0 Å². The van der Waals surface area contributed by atoms with Crippen molar-refractivity contribution in [2.75, 3.05) is 13.7 Å². The maximum atomic E-state index is 5.85. The van der Waals surface area contributed by atoms with Gasteiger partial charge >= 0.3 is 0 Å². The first-order valence-corrected chi connectivity index (χ1v) is 8.16. The summed E-state index contributed by atoms with van der Waals surface area (Å²) in [6.45, 7) is 1.18. The summed E-state index contributed by atoms with van der Waals surface area (Å²) in [6, 6.07) is 12.1. The van der Waals surface area contributed by atoms with E-state index in [0.717, 1.165) is 32.4 Å². The van der Waals surface area contributed by atoms with Crippen LogP contribution in [0.2, 0.25) is 0 Å². The lowest BCUT2D eigenvalue weighted by atomic mass is 10.1. The third kappa shape index (κ3) is 4.46. The fraction of sp³-hybridized carbons (Fsp3) is 0.250. The number of ether oxygens (including phenoxy) is 2. The Bertz CT molecular complexity index is 600. The molecule has 0 amide bonds. The maximum absolute atomic E-state index is 5.85. The Morgan fingerprint density at radius 3 is 2.14 bits per heavy atom. The summed E-state index contributed by atoms with van der Waals surface area (Å²) in [4.78, 5) is 0. The normalized spacial score (nSPS) is 10.5. The molecule has 0 saturated heterocycles. The van der Waals surface area contributed by atoms with Gasteiger partial charge in [0, 0.05) is 0 Å². The smallest absolute Gasteiger partial charge is 0.135 e. The van der Waals surface area contributed by atoms with E-state index in [9.17, 15) is 0 Å². The van der Waals surface area contributed by atoms with Gasteiger partial charge in [0.2, 0.25) is 0 Å². The molecular weight excluding hydrogens is 398 g/mol. The van der Waals surface area contributed by atoms with Crippen molar-refractivity contribution >= 4 is 31.9 Å². The molecule has 0 saturated carbocycles. The minimum absolute atomic E-state index is 0.514. The Morgan fingerprint density at radius 1 is 0.952 bits per heavy atom. The highest BCUT2D eigenvalue weighted by molar-refractivity contribution is 9.11. The summed E-state index contributed by atoms with van der Waals surface area (Å²) in [7, 11) is 1.63. The summed E-state index contributed by atoms with van der Waals surface area (Å²) in [5.41, 5.74) is 7.91. The van der Waals surface area contributed by atoms with Crippen LogP contribution in [0.3, 0.4) is 0 Å². The number of hydrogen-bond donors (Lipinski definition) is 1. The maximum Gasteiger partial charge on any atom is 0.135 e.